The van der Waals surface area contributed by atoms with Crippen molar-refractivity contribution in [1.82, 2.24) is 19.9 Å². The van der Waals surface area contributed by atoms with E-state index in [2.05, 4.69) is 25.3 Å². The molecule has 0 saturated carbocycles. The highest BCUT2D eigenvalue weighted by Crippen LogP contribution is 2.26. The van der Waals surface area contributed by atoms with E-state index in [0.717, 1.165) is 16.3 Å². The largest absolute Gasteiger partial charge is 0.464 e. The molecule has 106 valence electrons. The predicted molar refractivity (Wildman–Crippen MR) is 81.3 cm³/mol. The first-order valence-corrected chi connectivity index (χ1v) is 6.71. The third-order valence-electron chi connectivity index (χ3n) is 3.02. The Bertz CT molecular complexity index is 770. The lowest BCUT2D eigenvalue weighted by Crippen LogP contribution is -2.05. The number of hydrogen-bond acceptors (Lipinski definition) is 6. The fourth-order valence-electron chi connectivity index (χ4n) is 2.08. The van der Waals surface area contributed by atoms with Gasteiger partial charge in [0.2, 0.25) is 5.95 Å². The number of hydrogen-bond donors (Lipinski definition) is 1. The minimum absolute atomic E-state index is 0.305. The molecule has 0 aliphatic rings. The number of nitrogens with zero attached hydrogens (tertiary/aromatic N) is 4. The summed E-state index contributed by atoms with van der Waals surface area (Å²) in [5.74, 6) is 1.01. The van der Waals surface area contributed by atoms with Crippen molar-refractivity contribution in [2.24, 2.45) is 0 Å². The lowest BCUT2D eigenvalue weighted by Gasteiger charge is -2.08. The van der Waals surface area contributed by atoms with E-state index in [-0.39, 0.29) is 0 Å². The molecule has 0 bridgehead atoms. The second kappa shape index (κ2) is 5.70. The number of aromatic nitrogens is 4. The van der Waals surface area contributed by atoms with Gasteiger partial charge in [-0.2, -0.15) is 15.0 Å². The average Bonchev–Trinajstić information content (AvgIpc) is 2.54. The zero-order chi connectivity index (χ0) is 14.7. The Morgan fingerprint density at radius 1 is 1.10 bits per heavy atom. The molecule has 21 heavy (non-hydrogen) atoms. The zero-order valence-electron chi connectivity index (χ0n) is 11.9. The van der Waals surface area contributed by atoms with Gasteiger partial charge < -0.3 is 10.1 Å². The van der Waals surface area contributed by atoms with Crippen LogP contribution >= 0.6 is 0 Å². The molecule has 1 aromatic carbocycles. The smallest absolute Gasteiger partial charge is 0.321 e. The summed E-state index contributed by atoms with van der Waals surface area (Å²) >= 11 is 0. The lowest BCUT2D eigenvalue weighted by atomic mass is 10.1. The Labute approximate surface area is 122 Å². The molecule has 1 N–H and O–H groups in total. The van der Waals surface area contributed by atoms with Crippen LogP contribution in [0.15, 0.2) is 36.7 Å². The van der Waals surface area contributed by atoms with Crippen LogP contribution in [-0.4, -0.2) is 33.6 Å². The molecule has 0 spiro atoms. The van der Waals surface area contributed by atoms with Gasteiger partial charge in [0.05, 0.1) is 6.61 Å². The van der Waals surface area contributed by atoms with Crippen LogP contribution < -0.4 is 10.1 Å². The second-order valence-corrected chi connectivity index (χ2v) is 4.36. The summed E-state index contributed by atoms with van der Waals surface area (Å²) in [6.07, 6.45) is 3.58. The van der Waals surface area contributed by atoms with E-state index in [1.807, 2.05) is 37.4 Å². The standard InChI is InChI=1S/C15H15N5O/c1-3-21-15-19-13(18-14(16-2)20-15)12-9-17-8-10-6-4-5-7-11(10)12/h4-9H,3H2,1-2H3,(H,16,18,19,20). The molecule has 0 unspecified atom stereocenters. The number of nitrogens with one attached hydrogen (secondary N) is 1. The van der Waals surface area contributed by atoms with Crippen LogP contribution in [0.2, 0.25) is 0 Å². The Morgan fingerprint density at radius 3 is 2.76 bits per heavy atom. The fraction of sp³-hybridized carbons (Fsp3) is 0.200. The molecule has 3 aromatic rings. The molecule has 0 amide bonds. The van der Waals surface area contributed by atoms with Gasteiger partial charge in [-0.15, -0.1) is 0 Å². The summed E-state index contributed by atoms with van der Waals surface area (Å²) in [5, 5.41) is 5.01. The number of ether oxygens (including phenoxy) is 1. The molecule has 2 heterocycles. The van der Waals surface area contributed by atoms with Crippen molar-refractivity contribution in [2.45, 2.75) is 6.92 Å². The topological polar surface area (TPSA) is 72.8 Å². The third kappa shape index (κ3) is 2.60. The molecule has 6 nitrogen and oxygen atoms in total. The van der Waals surface area contributed by atoms with Gasteiger partial charge in [-0.3, -0.25) is 4.98 Å². The average molecular weight is 281 g/mol. The molecule has 0 saturated heterocycles. The fourth-order valence-corrected chi connectivity index (χ4v) is 2.08. The molecule has 3 rings (SSSR count). The van der Waals surface area contributed by atoms with Crippen molar-refractivity contribution in [3.8, 4) is 17.4 Å². The molecule has 0 aliphatic heterocycles. The molecule has 0 aliphatic carbocycles. The van der Waals surface area contributed by atoms with Crippen LogP contribution in [-0.2, 0) is 0 Å². The van der Waals surface area contributed by atoms with Crippen LogP contribution in [0.1, 0.15) is 6.92 Å². The van der Waals surface area contributed by atoms with E-state index in [4.69, 9.17) is 4.74 Å². The minimum atomic E-state index is 0.305. The maximum absolute atomic E-state index is 5.40. The van der Waals surface area contributed by atoms with Gasteiger partial charge in [-0.25, -0.2) is 0 Å². The highest BCUT2D eigenvalue weighted by Gasteiger charge is 2.11. The number of pyridine rings is 1. The Kier molecular flexibility index (Phi) is 3.59. The van der Waals surface area contributed by atoms with Gasteiger partial charge in [0.1, 0.15) is 0 Å². The second-order valence-electron chi connectivity index (χ2n) is 4.36. The van der Waals surface area contributed by atoms with E-state index in [0.29, 0.717) is 24.4 Å². The monoisotopic (exact) mass is 281 g/mol. The van der Waals surface area contributed by atoms with Gasteiger partial charge in [0, 0.05) is 30.4 Å². The minimum Gasteiger partial charge on any atom is -0.464 e. The number of fused-ring (bicyclic) bond motifs is 1. The molecule has 0 fully saturated rings. The summed E-state index contributed by atoms with van der Waals surface area (Å²) in [6, 6.07) is 8.30. The van der Waals surface area contributed by atoms with Crippen molar-refractivity contribution >= 4 is 16.7 Å². The van der Waals surface area contributed by atoms with Crippen LogP contribution in [0.25, 0.3) is 22.2 Å². The summed E-state index contributed by atoms with van der Waals surface area (Å²) in [6.45, 7) is 2.39. The number of benzene rings is 1. The van der Waals surface area contributed by atoms with Crippen LogP contribution in [0.4, 0.5) is 5.95 Å². The van der Waals surface area contributed by atoms with Gasteiger partial charge in [0.25, 0.3) is 0 Å². The third-order valence-corrected chi connectivity index (χ3v) is 3.02. The normalized spacial score (nSPS) is 10.6. The highest BCUT2D eigenvalue weighted by molar-refractivity contribution is 5.94. The van der Waals surface area contributed by atoms with Crippen molar-refractivity contribution in [1.29, 1.82) is 0 Å². The summed E-state index contributed by atoms with van der Waals surface area (Å²) in [7, 11) is 1.76. The molecule has 0 radical (unpaired) electrons. The van der Waals surface area contributed by atoms with Crippen molar-refractivity contribution < 1.29 is 4.74 Å². The molecule has 2 aromatic heterocycles. The summed E-state index contributed by atoms with van der Waals surface area (Å²) in [4.78, 5) is 17.2. The molecule has 0 atom stereocenters. The van der Waals surface area contributed by atoms with Gasteiger partial charge >= 0.3 is 6.01 Å². The summed E-state index contributed by atoms with van der Waals surface area (Å²) in [5.41, 5.74) is 0.855. The lowest BCUT2D eigenvalue weighted by molar-refractivity contribution is 0.312. The summed E-state index contributed by atoms with van der Waals surface area (Å²) < 4.78 is 5.40. The van der Waals surface area contributed by atoms with E-state index < -0.39 is 0 Å². The Morgan fingerprint density at radius 2 is 1.95 bits per heavy atom. The first kappa shape index (κ1) is 13.2. The Balaban J connectivity index is 2.20. The van der Waals surface area contributed by atoms with Crippen LogP contribution in [0, 0.1) is 0 Å². The zero-order valence-corrected chi connectivity index (χ0v) is 11.9. The predicted octanol–water partition coefficient (Wildman–Crippen LogP) is 2.53. The first-order valence-electron chi connectivity index (χ1n) is 6.71. The quantitative estimate of drug-likeness (QED) is 0.792. The SMILES string of the molecule is CCOc1nc(NC)nc(-c2cncc3ccccc23)n1. The number of rotatable bonds is 4. The van der Waals surface area contributed by atoms with E-state index >= 15 is 0 Å². The Hall–Kier alpha value is -2.76. The van der Waals surface area contributed by atoms with E-state index in [1.165, 1.54) is 0 Å². The molecular weight excluding hydrogens is 266 g/mol. The van der Waals surface area contributed by atoms with Crippen molar-refractivity contribution in [3.63, 3.8) is 0 Å². The van der Waals surface area contributed by atoms with Gasteiger partial charge in [-0.05, 0) is 12.3 Å². The molecular formula is C15H15N5O. The van der Waals surface area contributed by atoms with Crippen molar-refractivity contribution in [2.75, 3.05) is 19.0 Å². The van der Waals surface area contributed by atoms with Crippen LogP contribution in [0.3, 0.4) is 0 Å². The van der Waals surface area contributed by atoms with Gasteiger partial charge in [0.15, 0.2) is 5.82 Å². The maximum atomic E-state index is 5.40. The van der Waals surface area contributed by atoms with Crippen LogP contribution in [0.5, 0.6) is 6.01 Å². The highest BCUT2D eigenvalue weighted by atomic mass is 16.5. The van der Waals surface area contributed by atoms with E-state index in [1.54, 1.807) is 13.2 Å². The first-order chi connectivity index (χ1) is 10.3. The van der Waals surface area contributed by atoms with E-state index in [9.17, 15) is 0 Å². The van der Waals surface area contributed by atoms with Gasteiger partial charge in [-0.1, -0.05) is 24.3 Å². The number of anilines is 1. The van der Waals surface area contributed by atoms with Crippen molar-refractivity contribution in [3.05, 3.63) is 36.7 Å². The molecule has 6 heteroatoms. The maximum Gasteiger partial charge on any atom is 0.321 e.